The minimum absolute atomic E-state index is 0.125. The van der Waals surface area contributed by atoms with E-state index in [1.165, 1.54) is 6.07 Å². The molecule has 1 N–H and O–H groups in total. The summed E-state index contributed by atoms with van der Waals surface area (Å²) in [5, 5.41) is 10.8. The van der Waals surface area contributed by atoms with Crippen LogP contribution in [-0.4, -0.2) is 16.6 Å². The lowest BCUT2D eigenvalue weighted by atomic mass is 9.78. The summed E-state index contributed by atoms with van der Waals surface area (Å²) in [6.07, 6.45) is 0.734. The van der Waals surface area contributed by atoms with Crippen LogP contribution in [0.3, 0.4) is 0 Å². The molecule has 3 heteroatoms. The van der Waals surface area contributed by atoms with E-state index >= 15 is 0 Å². The van der Waals surface area contributed by atoms with Crippen LogP contribution in [0.15, 0.2) is 18.2 Å². The van der Waals surface area contributed by atoms with Gasteiger partial charge in [-0.05, 0) is 41.7 Å². The number of benzene rings is 1. The minimum atomic E-state index is -0.815. The van der Waals surface area contributed by atoms with E-state index in [-0.39, 0.29) is 11.2 Å². The van der Waals surface area contributed by atoms with Gasteiger partial charge in [0.15, 0.2) is 0 Å². The van der Waals surface area contributed by atoms with Gasteiger partial charge in [-0.3, -0.25) is 0 Å². The van der Waals surface area contributed by atoms with Crippen molar-refractivity contribution in [3.8, 4) is 0 Å². The van der Waals surface area contributed by atoms with Crippen molar-refractivity contribution in [2.24, 2.45) is 5.41 Å². The molecule has 0 bridgehead atoms. The maximum atomic E-state index is 13.3. The molecule has 1 heterocycles. The fraction of sp³-hybridized carbons (Fsp3) is 0.571. The highest BCUT2D eigenvalue weighted by molar-refractivity contribution is 7.99. The molecule has 1 nitrogen and oxygen atoms in total. The average Bonchev–Trinajstić information content (AvgIpc) is 2.20. The van der Waals surface area contributed by atoms with Crippen LogP contribution in [0, 0.1) is 18.2 Å². The number of halogens is 1. The first kappa shape index (κ1) is 12.9. The van der Waals surface area contributed by atoms with Crippen molar-refractivity contribution in [3.63, 3.8) is 0 Å². The highest BCUT2D eigenvalue weighted by Gasteiger charge is 2.40. The molecule has 94 valence electrons. The Morgan fingerprint density at radius 2 is 2.00 bits per heavy atom. The van der Waals surface area contributed by atoms with Crippen LogP contribution in [-0.2, 0) is 5.60 Å². The third-order valence-corrected chi connectivity index (χ3v) is 4.97. The predicted octanol–water partition coefficient (Wildman–Crippen LogP) is 3.48. The molecule has 1 aromatic carbocycles. The van der Waals surface area contributed by atoms with Gasteiger partial charge in [-0.1, -0.05) is 26.0 Å². The fourth-order valence-corrected chi connectivity index (χ4v) is 3.87. The molecule has 1 fully saturated rings. The van der Waals surface area contributed by atoms with Crippen LogP contribution >= 0.6 is 11.8 Å². The van der Waals surface area contributed by atoms with Crippen molar-refractivity contribution < 1.29 is 9.50 Å². The molecule has 1 aliphatic rings. The smallest absolute Gasteiger partial charge is 0.126 e. The Kier molecular flexibility index (Phi) is 3.25. The second kappa shape index (κ2) is 4.29. The van der Waals surface area contributed by atoms with Crippen LogP contribution in [0.5, 0.6) is 0 Å². The van der Waals surface area contributed by atoms with Gasteiger partial charge < -0.3 is 5.11 Å². The van der Waals surface area contributed by atoms with Crippen molar-refractivity contribution in [1.29, 1.82) is 0 Å². The molecular weight excluding hydrogens is 235 g/mol. The Labute approximate surface area is 106 Å². The van der Waals surface area contributed by atoms with Crippen molar-refractivity contribution in [2.45, 2.75) is 32.8 Å². The monoisotopic (exact) mass is 254 g/mol. The summed E-state index contributed by atoms with van der Waals surface area (Å²) in [7, 11) is 0. The van der Waals surface area contributed by atoms with E-state index in [0.717, 1.165) is 17.7 Å². The van der Waals surface area contributed by atoms with E-state index in [0.29, 0.717) is 11.3 Å². The molecule has 1 saturated heterocycles. The SMILES string of the molecule is Cc1cc(C2(O)CSCC(C)(C)C2)ccc1F. The number of hydrogen-bond acceptors (Lipinski definition) is 2. The maximum Gasteiger partial charge on any atom is 0.126 e. The highest BCUT2D eigenvalue weighted by Crippen LogP contribution is 2.44. The zero-order valence-electron chi connectivity index (χ0n) is 10.6. The molecule has 0 spiro atoms. The summed E-state index contributed by atoms with van der Waals surface area (Å²) in [4.78, 5) is 0. The van der Waals surface area contributed by atoms with E-state index in [1.807, 2.05) is 0 Å². The molecule has 1 aliphatic heterocycles. The zero-order valence-corrected chi connectivity index (χ0v) is 11.4. The Morgan fingerprint density at radius 1 is 1.29 bits per heavy atom. The first-order valence-electron chi connectivity index (χ1n) is 5.89. The van der Waals surface area contributed by atoms with Crippen LogP contribution in [0.2, 0.25) is 0 Å². The van der Waals surface area contributed by atoms with Crippen LogP contribution < -0.4 is 0 Å². The van der Waals surface area contributed by atoms with Gasteiger partial charge in [0.05, 0.1) is 5.60 Å². The molecule has 0 radical (unpaired) electrons. The summed E-state index contributed by atoms with van der Waals surface area (Å²) in [5.41, 5.74) is 0.756. The molecule has 0 aliphatic carbocycles. The number of thioether (sulfide) groups is 1. The molecule has 0 saturated carbocycles. The van der Waals surface area contributed by atoms with Gasteiger partial charge in [0.1, 0.15) is 5.82 Å². The van der Waals surface area contributed by atoms with Crippen molar-refractivity contribution >= 4 is 11.8 Å². The van der Waals surface area contributed by atoms with E-state index in [2.05, 4.69) is 13.8 Å². The van der Waals surface area contributed by atoms with Gasteiger partial charge in [0.25, 0.3) is 0 Å². The Hall–Kier alpha value is -0.540. The predicted molar refractivity (Wildman–Crippen MR) is 70.8 cm³/mol. The van der Waals surface area contributed by atoms with Gasteiger partial charge in [-0.15, -0.1) is 0 Å². The van der Waals surface area contributed by atoms with E-state index < -0.39 is 5.60 Å². The molecule has 1 unspecified atom stereocenters. The van der Waals surface area contributed by atoms with Gasteiger partial charge in [-0.2, -0.15) is 11.8 Å². The highest BCUT2D eigenvalue weighted by atomic mass is 32.2. The topological polar surface area (TPSA) is 20.2 Å². The van der Waals surface area contributed by atoms with Gasteiger partial charge in [0.2, 0.25) is 0 Å². The number of hydrogen-bond donors (Lipinski definition) is 1. The summed E-state index contributed by atoms with van der Waals surface area (Å²) < 4.78 is 13.3. The lowest BCUT2D eigenvalue weighted by Crippen LogP contribution is -2.40. The molecule has 2 rings (SSSR count). The van der Waals surface area contributed by atoms with Crippen LogP contribution in [0.25, 0.3) is 0 Å². The van der Waals surface area contributed by atoms with E-state index in [4.69, 9.17) is 0 Å². The third kappa shape index (κ3) is 2.66. The summed E-state index contributed by atoms with van der Waals surface area (Å²) in [6.45, 7) is 6.07. The molecule has 0 aromatic heterocycles. The lowest BCUT2D eigenvalue weighted by Gasteiger charge is -2.41. The second-order valence-electron chi connectivity index (χ2n) is 5.83. The van der Waals surface area contributed by atoms with Crippen LogP contribution in [0.4, 0.5) is 4.39 Å². The Bertz CT molecular complexity index is 430. The Morgan fingerprint density at radius 3 is 2.59 bits per heavy atom. The molecule has 1 aromatic rings. The lowest BCUT2D eigenvalue weighted by molar-refractivity contribution is 0.0155. The van der Waals surface area contributed by atoms with Gasteiger partial charge in [0, 0.05) is 5.75 Å². The number of aliphatic hydroxyl groups is 1. The van der Waals surface area contributed by atoms with E-state index in [1.54, 1.807) is 30.8 Å². The van der Waals surface area contributed by atoms with Crippen molar-refractivity contribution in [2.75, 3.05) is 11.5 Å². The molecule has 0 amide bonds. The third-order valence-electron chi connectivity index (χ3n) is 3.30. The van der Waals surface area contributed by atoms with Crippen molar-refractivity contribution in [1.82, 2.24) is 0 Å². The van der Waals surface area contributed by atoms with Gasteiger partial charge >= 0.3 is 0 Å². The average molecular weight is 254 g/mol. The van der Waals surface area contributed by atoms with Gasteiger partial charge in [-0.25, -0.2) is 4.39 Å². The second-order valence-corrected chi connectivity index (χ2v) is 6.81. The maximum absolute atomic E-state index is 13.3. The summed E-state index contributed by atoms with van der Waals surface area (Å²) in [5.74, 6) is 1.55. The summed E-state index contributed by atoms with van der Waals surface area (Å²) >= 11 is 1.77. The molecular formula is C14H19FOS. The normalized spacial score (nSPS) is 28.1. The quantitative estimate of drug-likeness (QED) is 0.828. The molecule has 17 heavy (non-hydrogen) atoms. The first-order valence-corrected chi connectivity index (χ1v) is 7.05. The fourth-order valence-electron chi connectivity index (χ4n) is 2.51. The largest absolute Gasteiger partial charge is 0.384 e. The zero-order chi connectivity index (χ0) is 12.7. The standard InChI is InChI=1S/C14H19FOS/c1-10-6-11(4-5-12(10)15)14(16)7-13(2,3)8-17-9-14/h4-6,16H,7-9H2,1-3H3. The Balaban J connectivity index is 2.34. The number of rotatable bonds is 1. The van der Waals surface area contributed by atoms with Crippen molar-refractivity contribution in [3.05, 3.63) is 35.1 Å². The van der Waals surface area contributed by atoms with E-state index in [9.17, 15) is 9.50 Å². The summed E-state index contributed by atoms with van der Waals surface area (Å²) in [6, 6.07) is 4.94. The number of aryl methyl sites for hydroxylation is 1. The minimum Gasteiger partial charge on any atom is -0.384 e. The first-order chi connectivity index (χ1) is 7.82. The molecule has 1 atom stereocenters. The van der Waals surface area contributed by atoms with Crippen LogP contribution in [0.1, 0.15) is 31.4 Å².